The minimum absolute atomic E-state index is 0.0321. The van der Waals surface area contributed by atoms with Gasteiger partial charge in [0.25, 0.3) is 0 Å². The maximum Gasteiger partial charge on any atom is 0.326 e. The quantitative estimate of drug-likeness (QED) is 0.0300. The van der Waals surface area contributed by atoms with Crippen LogP contribution in [0, 0.1) is 5.92 Å². The summed E-state index contributed by atoms with van der Waals surface area (Å²) in [5.74, 6) is -5.15. The number of hydrogen-bond acceptors (Lipinski definition) is 10. The van der Waals surface area contributed by atoms with Gasteiger partial charge in [-0.1, -0.05) is 132 Å². The van der Waals surface area contributed by atoms with Crippen molar-refractivity contribution in [1.82, 2.24) is 26.6 Å². The van der Waals surface area contributed by atoms with E-state index in [-0.39, 0.29) is 44.1 Å². The molecule has 69 heavy (non-hydrogen) atoms. The summed E-state index contributed by atoms with van der Waals surface area (Å²) in [5, 5.41) is 36.4. The number of aliphatic carboxylic acids is 1. The van der Waals surface area contributed by atoms with Gasteiger partial charge in [-0.25, -0.2) is 4.79 Å². The zero-order valence-electron chi connectivity index (χ0n) is 40.5. The van der Waals surface area contributed by atoms with Crippen LogP contribution >= 0.6 is 0 Å². The molecule has 1 unspecified atom stereocenters. The third-order valence-electron chi connectivity index (χ3n) is 12.0. The minimum atomic E-state index is -1.34. The average Bonchev–Trinajstić information content (AvgIpc) is 3.30. The molecule has 0 saturated heterocycles. The molecule has 0 spiro atoms. The lowest BCUT2D eigenvalue weighted by atomic mass is 9.97. The second kappa shape index (κ2) is 31.0. The number of nitrogens with two attached hydrogens (primary N) is 2. The van der Waals surface area contributed by atoms with Gasteiger partial charge >= 0.3 is 5.97 Å². The number of primary amides is 2. The maximum absolute atomic E-state index is 13.7. The summed E-state index contributed by atoms with van der Waals surface area (Å²) in [6.45, 7) is 5.10. The van der Waals surface area contributed by atoms with E-state index in [1.807, 2.05) is 62.4 Å². The highest BCUT2D eigenvalue weighted by Gasteiger charge is 2.32. The molecule has 7 atom stereocenters. The fourth-order valence-electron chi connectivity index (χ4n) is 8.33. The van der Waals surface area contributed by atoms with Crippen molar-refractivity contribution < 1.29 is 48.6 Å². The first-order valence-electron chi connectivity index (χ1n) is 24.4. The van der Waals surface area contributed by atoms with Crippen LogP contribution in [0.3, 0.4) is 0 Å². The van der Waals surface area contributed by atoms with Crippen molar-refractivity contribution in [2.75, 3.05) is 0 Å². The number of carboxylic acids is 1. The van der Waals surface area contributed by atoms with Gasteiger partial charge in [0.05, 0.1) is 18.6 Å². The largest absolute Gasteiger partial charge is 0.480 e. The Kier molecular flexibility index (Phi) is 25.7. The molecule has 0 fully saturated rings. The molecule has 6 amide bonds. The number of aliphatic hydroxyl groups excluding tert-OH is 1. The highest BCUT2D eigenvalue weighted by atomic mass is 16.4. The zero-order valence-corrected chi connectivity index (χ0v) is 40.5. The number of aldehydes is 1. The standard InChI is InChI=1S/C52H75N7O10/c1-34(2)30-42(49(65)56-41(48(54)64)31-36-20-11-10-12-21-36)57-51(67)47(35(3)61)59-46(63)28-15-8-4-6-13-25-39(26-14-7-5-9-18-29-60)55-43(33-45(53)62)50(66)58-44(52(68)69)32-38-24-19-23-37-22-16-17-27-40(37)38/h10-12,16-17,19-24,27,29,34-35,39,41-44,47,55,61H,4-9,13-15,18,25-26,28,30-33H2,1-3H3,(H2,53,62)(H2,54,64)(H,56,65)(H,57,67)(H,58,66)(H,59,63)(H,68,69)/t35-,39?,41-,42-,43-,44-,47-/m0/s1. The first-order valence-corrected chi connectivity index (χ1v) is 24.4. The first kappa shape index (κ1) is 57.1. The van der Waals surface area contributed by atoms with Gasteiger partial charge in [0.2, 0.25) is 35.4 Å². The molecule has 17 nitrogen and oxygen atoms in total. The average molecular weight is 958 g/mol. The number of carbonyl (C=O) groups excluding carboxylic acids is 7. The molecule has 0 aromatic heterocycles. The van der Waals surface area contributed by atoms with E-state index in [1.165, 1.54) is 6.92 Å². The number of nitrogens with one attached hydrogen (secondary N) is 5. The molecule has 0 radical (unpaired) electrons. The van der Waals surface area contributed by atoms with Gasteiger partial charge in [-0.2, -0.15) is 0 Å². The normalized spacial score (nSPS) is 14.3. The van der Waals surface area contributed by atoms with Crippen LogP contribution < -0.4 is 38.1 Å². The van der Waals surface area contributed by atoms with Crippen molar-refractivity contribution in [3.8, 4) is 0 Å². The Bertz CT molecular complexity index is 2110. The smallest absolute Gasteiger partial charge is 0.326 e. The van der Waals surface area contributed by atoms with Crippen molar-refractivity contribution in [1.29, 1.82) is 0 Å². The maximum atomic E-state index is 13.7. The lowest BCUT2D eigenvalue weighted by molar-refractivity contribution is -0.142. The van der Waals surface area contributed by atoms with E-state index < -0.39 is 77.7 Å². The number of hydrogen-bond donors (Lipinski definition) is 9. The van der Waals surface area contributed by atoms with Crippen LogP contribution in [0.2, 0.25) is 0 Å². The predicted molar refractivity (Wildman–Crippen MR) is 264 cm³/mol. The van der Waals surface area contributed by atoms with Gasteiger partial charge in [-0.15, -0.1) is 0 Å². The lowest BCUT2D eigenvalue weighted by Crippen LogP contribution is -2.59. The third-order valence-corrected chi connectivity index (χ3v) is 12.0. The number of carboxylic acid groups (broad SMARTS) is 1. The van der Waals surface area contributed by atoms with Crippen molar-refractivity contribution in [3.63, 3.8) is 0 Å². The molecule has 0 aliphatic rings. The number of unbranched alkanes of at least 4 members (excludes halogenated alkanes) is 8. The lowest BCUT2D eigenvalue weighted by Gasteiger charge is -2.27. The molecular weight excluding hydrogens is 883 g/mol. The summed E-state index contributed by atoms with van der Waals surface area (Å²) in [7, 11) is 0. The molecule has 17 heteroatoms. The van der Waals surface area contributed by atoms with Crippen LogP contribution in [0.4, 0.5) is 0 Å². The number of fused-ring (bicyclic) bond motifs is 1. The Hall–Kier alpha value is -6.20. The van der Waals surface area contributed by atoms with Crippen LogP contribution in [0.5, 0.6) is 0 Å². The van der Waals surface area contributed by atoms with E-state index in [9.17, 15) is 48.6 Å². The van der Waals surface area contributed by atoms with E-state index in [2.05, 4.69) is 26.6 Å². The Morgan fingerprint density at radius 3 is 1.83 bits per heavy atom. The summed E-state index contributed by atoms with van der Waals surface area (Å²) in [6, 6.07) is 16.2. The van der Waals surface area contributed by atoms with Crippen LogP contribution in [-0.2, 0) is 51.2 Å². The molecule has 11 N–H and O–H groups in total. The van der Waals surface area contributed by atoms with Crippen LogP contribution in [0.25, 0.3) is 10.8 Å². The van der Waals surface area contributed by atoms with Crippen LogP contribution in [-0.4, -0.2) is 100 Å². The highest BCUT2D eigenvalue weighted by Crippen LogP contribution is 2.21. The Morgan fingerprint density at radius 1 is 0.623 bits per heavy atom. The monoisotopic (exact) mass is 958 g/mol. The topological polar surface area (TPSA) is 289 Å². The van der Waals surface area contributed by atoms with Gasteiger partial charge in [0.1, 0.15) is 30.5 Å². The van der Waals surface area contributed by atoms with Crippen molar-refractivity contribution in [2.24, 2.45) is 17.4 Å². The predicted octanol–water partition coefficient (Wildman–Crippen LogP) is 4.03. The van der Waals surface area contributed by atoms with E-state index in [4.69, 9.17) is 11.5 Å². The third kappa shape index (κ3) is 21.8. The van der Waals surface area contributed by atoms with E-state index in [0.717, 1.165) is 73.1 Å². The molecule has 3 rings (SSSR count). The van der Waals surface area contributed by atoms with Gasteiger partial charge in [-0.05, 0) is 66.8 Å². The molecule has 0 heterocycles. The van der Waals surface area contributed by atoms with Crippen LogP contribution in [0.15, 0.2) is 72.8 Å². The highest BCUT2D eigenvalue weighted by molar-refractivity contribution is 5.95. The molecule has 3 aromatic carbocycles. The fraction of sp³-hybridized carbons (Fsp3) is 0.538. The Labute approximate surface area is 406 Å². The fourth-order valence-corrected chi connectivity index (χ4v) is 8.33. The number of aliphatic hydroxyl groups is 1. The van der Waals surface area contributed by atoms with E-state index in [0.29, 0.717) is 32.1 Å². The van der Waals surface area contributed by atoms with Crippen molar-refractivity contribution in [2.45, 2.75) is 172 Å². The molecule has 378 valence electrons. The second-order valence-electron chi connectivity index (χ2n) is 18.4. The van der Waals surface area contributed by atoms with Crippen molar-refractivity contribution >= 4 is 58.5 Å². The summed E-state index contributed by atoms with van der Waals surface area (Å²) >= 11 is 0. The molecule has 0 aliphatic carbocycles. The number of amides is 6. The van der Waals surface area contributed by atoms with Crippen molar-refractivity contribution in [3.05, 3.63) is 83.9 Å². The number of carbonyl (C=O) groups is 8. The van der Waals surface area contributed by atoms with Gasteiger partial charge in [0, 0.05) is 31.7 Å². The summed E-state index contributed by atoms with van der Waals surface area (Å²) in [6.07, 6.45) is 8.39. The minimum Gasteiger partial charge on any atom is -0.480 e. The van der Waals surface area contributed by atoms with Gasteiger partial charge in [-0.3, -0.25) is 28.8 Å². The summed E-state index contributed by atoms with van der Waals surface area (Å²) in [4.78, 5) is 101. The van der Waals surface area contributed by atoms with E-state index >= 15 is 0 Å². The second-order valence-corrected chi connectivity index (χ2v) is 18.4. The molecule has 0 bridgehead atoms. The van der Waals surface area contributed by atoms with Gasteiger partial charge < -0.3 is 53.1 Å². The number of rotatable bonds is 35. The Morgan fingerprint density at radius 2 is 1.20 bits per heavy atom. The van der Waals surface area contributed by atoms with Gasteiger partial charge in [0.15, 0.2) is 0 Å². The number of benzene rings is 3. The zero-order chi connectivity index (χ0) is 50.7. The van der Waals surface area contributed by atoms with E-state index in [1.54, 1.807) is 24.3 Å². The molecule has 0 aliphatic heterocycles. The SMILES string of the molecule is CC(C)C[C@H](NC(=O)[C@@H](NC(=O)CCCCCCCC(CCCCCCC=O)N[C@@H](CC(N)=O)C(=O)N[C@@H](Cc1cccc2ccccc12)C(=O)O)[C@H](C)O)C(=O)N[C@@H](Cc1ccccc1)C(N)=O. The first-order chi connectivity index (χ1) is 33.0. The Balaban J connectivity index is 1.55. The summed E-state index contributed by atoms with van der Waals surface area (Å²) < 4.78 is 0. The molecular formula is C52H75N7O10. The molecule has 0 saturated carbocycles. The molecule has 3 aromatic rings. The van der Waals surface area contributed by atoms with Crippen LogP contribution in [0.1, 0.15) is 128 Å². The summed E-state index contributed by atoms with van der Waals surface area (Å²) in [5.41, 5.74) is 12.7.